The normalized spacial score (nSPS) is 9.71. The topological polar surface area (TPSA) is 38.3 Å². The minimum absolute atomic E-state index is 0.171. The molecule has 0 atom stereocenters. The number of anilines is 1. The SMILES string of the molecule is COc1ccc(NC(=O)c2[c]cccc2)cc1. The van der Waals surface area contributed by atoms with Gasteiger partial charge >= 0.3 is 0 Å². The van der Waals surface area contributed by atoms with Crippen LogP contribution in [0.15, 0.2) is 48.5 Å². The van der Waals surface area contributed by atoms with Crippen molar-refractivity contribution in [2.75, 3.05) is 12.4 Å². The van der Waals surface area contributed by atoms with Gasteiger partial charge in [0.15, 0.2) is 0 Å². The van der Waals surface area contributed by atoms with Crippen LogP contribution < -0.4 is 10.1 Å². The smallest absolute Gasteiger partial charge is 0.256 e. The molecule has 0 aromatic heterocycles. The number of carbonyl (C=O) groups excluding carboxylic acids is 1. The zero-order valence-corrected chi connectivity index (χ0v) is 9.44. The van der Waals surface area contributed by atoms with E-state index in [1.54, 1.807) is 49.6 Å². The molecule has 0 saturated carbocycles. The molecule has 1 N–H and O–H groups in total. The van der Waals surface area contributed by atoms with E-state index in [-0.39, 0.29) is 5.91 Å². The van der Waals surface area contributed by atoms with Gasteiger partial charge in [-0.05, 0) is 36.4 Å². The van der Waals surface area contributed by atoms with E-state index >= 15 is 0 Å². The fraction of sp³-hybridized carbons (Fsp3) is 0.0714. The first-order valence-electron chi connectivity index (χ1n) is 5.22. The Morgan fingerprint density at radius 1 is 1.18 bits per heavy atom. The summed E-state index contributed by atoms with van der Waals surface area (Å²) in [4.78, 5) is 11.8. The van der Waals surface area contributed by atoms with Crippen LogP contribution in [0.5, 0.6) is 5.75 Å². The minimum Gasteiger partial charge on any atom is -0.497 e. The van der Waals surface area contributed by atoms with E-state index < -0.39 is 0 Å². The first kappa shape index (κ1) is 11.2. The molecule has 0 aliphatic rings. The van der Waals surface area contributed by atoms with Crippen molar-refractivity contribution >= 4 is 11.6 Å². The summed E-state index contributed by atoms with van der Waals surface area (Å²) in [5.41, 5.74) is 1.25. The molecule has 0 aliphatic carbocycles. The Bertz CT molecular complexity index is 491. The van der Waals surface area contributed by atoms with Crippen molar-refractivity contribution in [2.24, 2.45) is 0 Å². The predicted molar refractivity (Wildman–Crippen MR) is 66.2 cm³/mol. The Morgan fingerprint density at radius 3 is 2.53 bits per heavy atom. The van der Waals surface area contributed by atoms with Gasteiger partial charge in [0.1, 0.15) is 5.75 Å². The summed E-state index contributed by atoms with van der Waals surface area (Å²) in [5.74, 6) is 0.588. The van der Waals surface area contributed by atoms with Gasteiger partial charge in [-0.15, -0.1) is 0 Å². The van der Waals surface area contributed by atoms with Gasteiger partial charge in [0, 0.05) is 11.3 Å². The molecule has 0 aliphatic heterocycles. The number of rotatable bonds is 3. The van der Waals surface area contributed by atoms with Gasteiger partial charge in [-0.25, -0.2) is 0 Å². The van der Waals surface area contributed by atoms with Crippen molar-refractivity contribution in [3.8, 4) is 5.75 Å². The molecule has 0 bridgehead atoms. The van der Waals surface area contributed by atoms with Crippen LogP contribution >= 0.6 is 0 Å². The molecule has 0 fully saturated rings. The van der Waals surface area contributed by atoms with Crippen LogP contribution in [0.4, 0.5) is 5.69 Å². The van der Waals surface area contributed by atoms with Crippen LogP contribution in [-0.2, 0) is 0 Å². The highest BCUT2D eigenvalue weighted by atomic mass is 16.5. The summed E-state index contributed by atoms with van der Waals surface area (Å²) in [5, 5.41) is 2.78. The predicted octanol–water partition coefficient (Wildman–Crippen LogP) is 2.75. The van der Waals surface area contributed by atoms with E-state index in [2.05, 4.69) is 11.4 Å². The molecule has 1 amide bonds. The van der Waals surface area contributed by atoms with Gasteiger partial charge in [0.05, 0.1) is 7.11 Å². The summed E-state index contributed by atoms with van der Waals surface area (Å²) in [7, 11) is 1.60. The van der Waals surface area contributed by atoms with Gasteiger partial charge < -0.3 is 10.1 Å². The number of hydrogen-bond donors (Lipinski definition) is 1. The van der Waals surface area contributed by atoms with Crippen molar-refractivity contribution in [1.29, 1.82) is 0 Å². The third kappa shape index (κ3) is 2.84. The Kier molecular flexibility index (Phi) is 3.40. The molecular weight excluding hydrogens is 214 g/mol. The monoisotopic (exact) mass is 226 g/mol. The molecule has 0 saturated heterocycles. The molecule has 2 rings (SSSR count). The van der Waals surface area contributed by atoms with Crippen LogP contribution in [0.25, 0.3) is 0 Å². The average molecular weight is 226 g/mol. The third-order valence-corrected chi connectivity index (χ3v) is 2.30. The van der Waals surface area contributed by atoms with Crippen molar-refractivity contribution in [2.45, 2.75) is 0 Å². The van der Waals surface area contributed by atoms with Crippen LogP contribution in [0.2, 0.25) is 0 Å². The molecule has 3 heteroatoms. The second-order valence-electron chi connectivity index (χ2n) is 3.46. The van der Waals surface area contributed by atoms with E-state index in [4.69, 9.17) is 4.74 Å². The highest BCUT2D eigenvalue weighted by Gasteiger charge is 2.04. The molecule has 2 aromatic rings. The molecule has 0 spiro atoms. The maximum atomic E-state index is 11.8. The molecule has 3 nitrogen and oxygen atoms in total. The van der Waals surface area contributed by atoms with Crippen molar-refractivity contribution < 1.29 is 9.53 Å². The number of carbonyl (C=O) groups is 1. The second-order valence-corrected chi connectivity index (χ2v) is 3.46. The fourth-order valence-electron chi connectivity index (χ4n) is 1.41. The lowest BCUT2D eigenvalue weighted by molar-refractivity contribution is 0.102. The van der Waals surface area contributed by atoms with Crippen molar-refractivity contribution in [1.82, 2.24) is 0 Å². The first-order chi connectivity index (χ1) is 8.29. The van der Waals surface area contributed by atoms with Gasteiger partial charge in [-0.1, -0.05) is 18.2 Å². The Hall–Kier alpha value is -2.29. The summed E-state index contributed by atoms with van der Waals surface area (Å²) in [6, 6.07) is 17.1. The number of benzene rings is 2. The zero-order chi connectivity index (χ0) is 12.1. The maximum absolute atomic E-state index is 11.8. The number of ether oxygens (including phenoxy) is 1. The summed E-state index contributed by atoms with van der Waals surface area (Å²) >= 11 is 0. The van der Waals surface area contributed by atoms with Gasteiger partial charge in [-0.3, -0.25) is 4.79 Å². The summed E-state index contributed by atoms with van der Waals surface area (Å²) in [6.45, 7) is 0. The molecule has 0 unspecified atom stereocenters. The zero-order valence-electron chi connectivity index (χ0n) is 9.44. The standard InChI is InChI=1S/C14H12NO2/c1-17-13-9-7-12(8-10-13)15-14(16)11-5-3-2-4-6-11/h2-5,7-10H,1H3,(H,15,16). The molecule has 0 heterocycles. The van der Waals surface area contributed by atoms with Gasteiger partial charge in [0.25, 0.3) is 5.91 Å². The van der Waals surface area contributed by atoms with E-state index in [0.29, 0.717) is 5.56 Å². The highest BCUT2D eigenvalue weighted by molar-refractivity contribution is 6.04. The van der Waals surface area contributed by atoms with Crippen LogP contribution in [0.1, 0.15) is 10.4 Å². The van der Waals surface area contributed by atoms with Crippen LogP contribution in [-0.4, -0.2) is 13.0 Å². The molecular formula is C14H12NO2. The largest absolute Gasteiger partial charge is 0.497 e. The molecule has 85 valence electrons. The number of hydrogen-bond acceptors (Lipinski definition) is 2. The van der Waals surface area contributed by atoms with E-state index in [0.717, 1.165) is 11.4 Å². The third-order valence-electron chi connectivity index (χ3n) is 2.30. The van der Waals surface area contributed by atoms with E-state index in [9.17, 15) is 4.79 Å². The van der Waals surface area contributed by atoms with Crippen LogP contribution in [0, 0.1) is 6.07 Å². The molecule has 17 heavy (non-hydrogen) atoms. The average Bonchev–Trinajstić information content (AvgIpc) is 2.40. The summed E-state index contributed by atoms with van der Waals surface area (Å²) < 4.78 is 5.04. The van der Waals surface area contributed by atoms with Gasteiger partial charge in [-0.2, -0.15) is 0 Å². The Morgan fingerprint density at radius 2 is 1.94 bits per heavy atom. The van der Waals surface area contributed by atoms with E-state index in [1.165, 1.54) is 0 Å². The lowest BCUT2D eigenvalue weighted by atomic mass is 10.2. The lowest BCUT2D eigenvalue weighted by Crippen LogP contribution is -2.11. The minimum atomic E-state index is -0.171. The van der Waals surface area contributed by atoms with Crippen molar-refractivity contribution in [3.05, 3.63) is 60.2 Å². The summed E-state index contributed by atoms with van der Waals surface area (Å²) in [6.07, 6.45) is 0. The highest BCUT2D eigenvalue weighted by Crippen LogP contribution is 2.15. The number of methoxy groups -OCH3 is 1. The number of nitrogens with one attached hydrogen (secondary N) is 1. The Balaban J connectivity index is 2.08. The molecule has 2 aromatic carbocycles. The van der Waals surface area contributed by atoms with E-state index in [1.807, 2.05) is 6.07 Å². The second kappa shape index (κ2) is 5.16. The molecule has 1 radical (unpaired) electrons. The lowest BCUT2D eigenvalue weighted by Gasteiger charge is -2.05. The number of amides is 1. The van der Waals surface area contributed by atoms with Crippen molar-refractivity contribution in [3.63, 3.8) is 0 Å². The Labute approximate surface area is 100 Å². The van der Waals surface area contributed by atoms with Crippen LogP contribution in [0.3, 0.4) is 0 Å². The fourth-order valence-corrected chi connectivity index (χ4v) is 1.41. The van der Waals surface area contributed by atoms with Gasteiger partial charge in [0.2, 0.25) is 0 Å². The first-order valence-corrected chi connectivity index (χ1v) is 5.22. The quantitative estimate of drug-likeness (QED) is 0.873. The maximum Gasteiger partial charge on any atom is 0.256 e.